The van der Waals surface area contributed by atoms with E-state index in [0.717, 1.165) is 71.5 Å². The average molecular weight is 668 g/mol. The van der Waals surface area contributed by atoms with Crippen LogP contribution in [0.1, 0.15) is 62.3 Å². The maximum absolute atomic E-state index is 12.6. The number of amides is 2. The number of ether oxygens (including phenoxy) is 4. The third kappa shape index (κ3) is 12.0. The molecule has 1 heterocycles. The van der Waals surface area contributed by atoms with Crippen molar-refractivity contribution in [3.8, 4) is 16.9 Å². The summed E-state index contributed by atoms with van der Waals surface area (Å²) >= 11 is 0. The molecule has 4 aromatic carbocycles. The second-order valence-electron chi connectivity index (χ2n) is 12.7. The SMILES string of the molecule is CC1(C)OCc2cc([C@H](O)CNCCCCCCOCCOCc3cccc(NC(=O)Nc4ccc(-c5ccccc5)cc4)c3)ccc2O1. The molecule has 0 saturated heterocycles. The van der Waals surface area contributed by atoms with E-state index < -0.39 is 11.9 Å². The monoisotopic (exact) mass is 667 g/mol. The van der Waals surface area contributed by atoms with Crippen LogP contribution in [-0.2, 0) is 27.4 Å². The third-order valence-corrected chi connectivity index (χ3v) is 8.21. The molecule has 1 aliphatic rings. The van der Waals surface area contributed by atoms with Gasteiger partial charge < -0.3 is 40.0 Å². The van der Waals surface area contributed by atoms with Crippen molar-refractivity contribution in [3.05, 3.63) is 114 Å². The number of aliphatic hydroxyl groups is 1. The van der Waals surface area contributed by atoms with Gasteiger partial charge in [-0.1, -0.05) is 73.5 Å². The maximum Gasteiger partial charge on any atom is 0.323 e. The summed E-state index contributed by atoms with van der Waals surface area (Å²) in [6.07, 6.45) is 3.69. The van der Waals surface area contributed by atoms with Crippen molar-refractivity contribution in [2.45, 2.75) is 64.6 Å². The number of hydrogen-bond acceptors (Lipinski definition) is 7. The Labute approximate surface area is 289 Å². The Morgan fingerprint density at radius 1 is 0.796 bits per heavy atom. The zero-order valence-corrected chi connectivity index (χ0v) is 28.6. The van der Waals surface area contributed by atoms with E-state index in [9.17, 15) is 9.90 Å². The number of carbonyl (C=O) groups is 1. The topological polar surface area (TPSA) is 110 Å². The summed E-state index contributed by atoms with van der Waals surface area (Å²) in [7, 11) is 0. The zero-order valence-electron chi connectivity index (χ0n) is 28.6. The number of hydrogen-bond donors (Lipinski definition) is 4. The number of urea groups is 1. The van der Waals surface area contributed by atoms with Gasteiger partial charge in [0, 0.05) is 43.9 Å². The molecule has 9 nitrogen and oxygen atoms in total. The molecule has 49 heavy (non-hydrogen) atoms. The van der Waals surface area contributed by atoms with Crippen LogP contribution < -0.4 is 20.7 Å². The fourth-order valence-electron chi connectivity index (χ4n) is 5.55. The van der Waals surface area contributed by atoms with Crippen molar-refractivity contribution in [1.82, 2.24) is 5.32 Å². The van der Waals surface area contributed by atoms with Crippen molar-refractivity contribution in [1.29, 1.82) is 0 Å². The van der Waals surface area contributed by atoms with Crippen molar-refractivity contribution >= 4 is 17.4 Å². The van der Waals surface area contributed by atoms with Crippen LogP contribution in [0, 0.1) is 0 Å². The van der Waals surface area contributed by atoms with Crippen LogP contribution in [0.15, 0.2) is 97.1 Å². The van der Waals surface area contributed by atoms with Gasteiger partial charge in [-0.05, 0) is 78.0 Å². The van der Waals surface area contributed by atoms with Gasteiger partial charge in [0.2, 0.25) is 5.79 Å². The van der Waals surface area contributed by atoms with Gasteiger partial charge in [0.05, 0.1) is 32.5 Å². The summed E-state index contributed by atoms with van der Waals surface area (Å²) in [4.78, 5) is 12.6. The van der Waals surface area contributed by atoms with Crippen molar-refractivity contribution in [3.63, 3.8) is 0 Å². The van der Waals surface area contributed by atoms with Gasteiger partial charge in [-0.25, -0.2) is 4.79 Å². The van der Waals surface area contributed by atoms with Gasteiger partial charge in [0.15, 0.2) is 0 Å². The zero-order chi connectivity index (χ0) is 34.3. The van der Waals surface area contributed by atoms with Crippen LogP contribution in [-0.4, -0.2) is 49.8 Å². The van der Waals surface area contributed by atoms with E-state index in [2.05, 4.69) is 28.1 Å². The Balaban J connectivity index is 0.861. The highest BCUT2D eigenvalue weighted by Gasteiger charge is 2.27. The minimum Gasteiger partial charge on any atom is -0.463 e. The van der Waals surface area contributed by atoms with E-state index in [4.69, 9.17) is 18.9 Å². The van der Waals surface area contributed by atoms with E-state index in [1.165, 1.54) is 0 Å². The fraction of sp³-hybridized carbons (Fsp3) is 0.375. The summed E-state index contributed by atoms with van der Waals surface area (Å²) in [5, 5.41) is 19.7. The molecule has 260 valence electrons. The molecule has 4 aromatic rings. The molecule has 0 aliphatic carbocycles. The van der Waals surface area contributed by atoms with Crippen LogP contribution in [0.3, 0.4) is 0 Å². The van der Waals surface area contributed by atoms with E-state index in [0.29, 0.717) is 45.3 Å². The second-order valence-corrected chi connectivity index (χ2v) is 12.7. The summed E-state index contributed by atoms with van der Waals surface area (Å²) < 4.78 is 23.1. The number of aliphatic hydroxyl groups excluding tert-OH is 1. The first-order chi connectivity index (χ1) is 23.8. The molecule has 9 heteroatoms. The fourth-order valence-corrected chi connectivity index (χ4v) is 5.55. The Bertz CT molecular complexity index is 1600. The van der Waals surface area contributed by atoms with Gasteiger partial charge in [-0.3, -0.25) is 0 Å². The van der Waals surface area contributed by atoms with Crippen molar-refractivity contribution in [2.24, 2.45) is 0 Å². The number of fused-ring (bicyclic) bond motifs is 1. The molecule has 0 unspecified atom stereocenters. The highest BCUT2D eigenvalue weighted by Crippen LogP contribution is 2.33. The lowest BCUT2D eigenvalue weighted by Gasteiger charge is -2.33. The minimum atomic E-state index is -0.621. The van der Waals surface area contributed by atoms with Crippen molar-refractivity contribution in [2.75, 3.05) is 43.5 Å². The lowest BCUT2D eigenvalue weighted by atomic mass is 10.0. The Morgan fingerprint density at radius 2 is 1.55 bits per heavy atom. The summed E-state index contributed by atoms with van der Waals surface area (Å²) in [6, 6.07) is 31.0. The van der Waals surface area contributed by atoms with Gasteiger partial charge in [-0.15, -0.1) is 0 Å². The van der Waals surface area contributed by atoms with Crippen LogP contribution in [0.5, 0.6) is 5.75 Å². The molecule has 0 fully saturated rings. The molecule has 0 saturated carbocycles. The quantitative estimate of drug-likeness (QED) is 0.0795. The average Bonchev–Trinajstić information content (AvgIpc) is 3.10. The third-order valence-electron chi connectivity index (χ3n) is 8.21. The number of rotatable bonds is 18. The predicted molar refractivity (Wildman–Crippen MR) is 194 cm³/mol. The normalized spacial score (nSPS) is 14.0. The molecule has 4 N–H and O–H groups in total. The lowest BCUT2D eigenvalue weighted by molar-refractivity contribution is -0.180. The molecule has 1 atom stereocenters. The first-order valence-corrected chi connectivity index (χ1v) is 17.2. The molecular weight excluding hydrogens is 618 g/mol. The van der Waals surface area contributed by atoms with Gasteiger partial charge in [0.1, 0.15) is 5.75 Å². The first kappa shape index (κ1) is 36.0. The van der Waals surface area contributed by atoms with Crippen LogP contribution in [0.2, 0.25) is 0 Å². The van der Waals surface area contributed by atoms with E-state index in [1.54, 1.807) is 0 Å². The van der Waals surface area contributed by atoms with E-state index in [-0.39, 0.29) is 6.03 Å². The van der Waals surface area contributed by atoms with Crippen LogP contribution >= 0.6 is 0 Å². The Morgan fingerprint density at radius 3 is 2.39 bits per heavy atom. The van der Waals surface area contributed by atoms with Crippen LogP contribution in [0.25, 0.3) is 11.1 Å². The predicted octanol–water partition coefficient (Wildman–Crippen LogP) is 8.06. The standard InChI is InChI=1S/C40H49N3O6/c1-40(2)48-29-34-26-33(17-20-38(34)49-40)37(44)27-41-21-8-3-4-9-22-46-23-24-47-28-30-11-10-14-36(25-30)43-39(45)42-35-18-15-32(16-19-35)31-12-6-5-7-13-31/h5-7,10-20,25-26,37,41,44H,3-4,8-9,21-24,27-29H2,1-2H3,(H2,42,43,45)/t37-/m1/s1. The van der Waals surface area contributed by atoms with Gasteiger partial charge in [-0.2, -0.15) is 0 Å². The molecule has 5 rings (SSSR count). The molecule has 0 aromatic heterocycles. The summed E-state index contributed by atoms with van der Waals surface area (Å²) in [5.74, 6) is 0.196. The Kier molecular flexibility index (Phi) is 13.6. The maximum atomic E-state index is 12.6. The molecule has 2 amide bonds. The lowest BCUT2D eigenvalue weighted by Crippen LogP contribution is -2.35. The molecule has 1 aliphatic heterocycles. The van der Waals surface area contributed by atoms with Gasteiger partial charge in [0.25, 0.3) is 0 Å². The first-order valence-electron chi connectivity index (χ1n) is 17.2. The number of benzene rings is 4. The summed E-state index contributed by atoms with van der Waals surface area (Å²) in [5.41, 5.74) is 6.46. The minimum absolute atomic E-state index is 0.299. The number of anilines is 2. The van der Waals surface area contributed by atoms with E-state index in [1.807, 2.05) is 98.8 Å². The molecule has 0 radical (unpaired) electrons. The number of unbranched alkanes of at least 4 members (excludes halogenated alkanes) is 3. The van der Waals surface area contributed by atoms with Gasteiger partial charge >= 0.3 is 6.03 Å². The van der Waals surface area contributed by atoms with Crippen molar-refractivity contribution < 1.29 is 28.8 Å². The molecule has 0 spiro atoms. The summed E-state index contributed by atoms with van der Waals surface area (Å²) in [6.45, 7) is 7.85. The van der Waals surface area contributed by atoms with E-state index >= 15 is 0 Å². The highest BCUT2D eigenvalue weighted by atomic mass is 16.7. The highest BCUT2D eigenvalue weighted by molar-refractivity contribution is 5.99. The molecule has 0 bridgehead atoms. The number of nitrogens with one attached hydrogen (secondary N) is 3. The molecular formula is C40H49N3O6. The smallest absolute Gasteiger partial charge is 0.323 e. The number of carbonyl (C=O) groups excluding carboxylic acids is 1. The Hall–Kier alpha value is -4.25. The largest absolute Gasteiger partial charge is 0.463 e. The van der Waals surface area contributed by atoms with Crippen LogP contribution in [0.4, 0.5) is 16.2 Å². The second kappa shape index (κ2) is 18.5.